The molecule has 1 aliphatic rings. The van der Waals surface area contributed by atoms with Crippen LogP contribution in [0.25, 0.3) is 0 Å². The van der Waals surface area contributed by atoms with Gasteiger partial charge in [-0.05, 0) is 20.0 Å². The van der Waals surface area contributed by atoms with E-state index in [4.69, 9.17) is 0 Å². The molecule has 0 aliphatic carbocycles. The number of carbonyl (C=O) groups excluding carboxylic acids is 2. The van der Waals surface area contributed by atoms with Crippen LogP contribution in [0.15, 0.2) is 0 Å². The normalized spacial score (nSPS) is 16.2. The molecule has 0 bridgehead atoms. The topological polar surface area (TPSA) is 49.4 Å². The third kappa shape index (κ3) is 3.66. The third-order valence-corrected chi connectivity index (χ3v) is 2.51. The largest absolute Gasteiger partial charge is 0.320 e. The molecule has 0 aromatic rings. The van der Waals surface area contributed by atoms with Crippen molar-refractivity contribution in [2.45, 2.75) is 6.42 Å². The molecule has 1 fully saturated rings. The first-order valence-corrected chi connectivity index (χ1v) is 4.86. The van der Waals surface area contributed by atoms with Crippen LogP contribution in [0.2, 0.25) is 0 Å². The van der Waals surface area contributed by atoms with Crippen molar-refractivity contribution >= 4 is 39.9 Å². The number of rotatable bonds is 4. The number of nitrogens with zero attached hydrogens (tertiary/aromatic N) is 1. The first-order chi connectivity index (χ1) is 5.75. The summed E-state index contributed by atoms with van der Waals surface area (Å²) >= 11 is 1.09. The molecule has 1 heterocycles. The van der Waals surface area contributed by atoms with E-state index >= 15 is 0 Å². The number of carbonyl (C=O) groups is 2. The van der Waals surface area contributed by atoms with Crippen LogP contribution in [0.3, 0.4) is 0 Å². The van der Waals surface area contributed by atoms with Crippen LogP contribution < -0.4 is 5.32 Å². The zero-order valence-electron chi connectivity index (χ0n) is 7.41. The molecule has 13 heavy (non-hydrogen) atoms. The molecule has 6 heteroatoms. The van der Waals surface area contributed by atoms with Gasteiger partial charge in [-0.1, -0.05) is 11.8 Å². The van der Waals surface area contributed by atoms with Crippen LogP contribution in [-0.4, -0.2) is 41.9 Å². The molecule has 0 aromatic carbocycles. The number of hydrogen-bond donors (Lipinski definition) is 1. The van der Waals surface area contributed by atoms with Gasteiger partial charge in [0.2, 0.25) is 5.91 Å². The molecule has 0 saturated carbocycles. The van der Waals surface area contributed by atoms with Gasteiger partial charge < -0.3 is 5.32 Å². The SMILES string of the molecule is Br.CNCCCN1C(=O)CSC1=O. The fraction of sp³-hybridized carbons (Fsp3) is 0.714. The molecule has 76 valence electrons. The summed E-state index contributed by atoms with van der Waals surface area (Å²) in [5.41, 5.74) is 0. The Kier molecular flexibility index (Phi) is 6.36. The zero-order chi connectivity index (χ0) is 8.97. The van der Waals surface area contributed by atoms with E-state index in [1.807, 2.05) is 7.05 Å². The van der Waals surface area contributed by atoms with E-state index in [1.54, 1.807) is 0 Å². The van der Waals surface area contributed by atoms with Crippen LogP contribution in [-0.2, 0) is 4.79 Å². The van der Waals surface area contributed by atoms with Crippen molar-refractivity contribution in [2.75, 3.05) is 25.9 Å². The van der Waals surface area contributed by atoms with Crippen molar-refractivity contribution in [2.24, 2.45) is 0 Å². The van der Waals surface area contributed by atoms with Gasteiger partial charge in [-0.2, -0.15) is 0 Å². The second kappa shape index (κ2) is 6.39. The van der Waals surface area contributed by atoms with E-state index in [0.717, 1.165) is 24.7 Å². The lowest BCUT2D eigenvalue weighted by molar-refractivity contribution is -0.124. The van der Waals surface area contributed by atoms with Gasteiger partial charge in [-0.25, -0.2) is 0 Å². The molecule has 0 atom stereocenters. The smallest absolute Gasteiger partial charge is 0.288 e. The number of amides is 2. The Hall–Kier alpha value is -0.0700. The van der Waals surface area contributed by atoms with Crippen molar-refractivity contribution in [3.05, 3.63) is 0 Å². The van der Waals surface area contributed by atoms with Crippen molar-refractivity contribution in [3.63, 3.8) is 0 Å². The number of halogens is 1. The van der Waals surface area contributed by atoms with Gasteiger partial charge >= 0.3 is 0 Å². The molecule has 1 aliphatic heterocycles. The molecule has 0 unspecified atom stereocenters. The number of thioether (sulfide) groups is 1. The molecule has 1 N–H and O–H groups in total. The summed E-state index contributed by atoms with van der Waals surface area (Å²) in [6.07, 6.45) is 0.828. The summed E-state index contributed by atoms with van der Waals surface area (Å²) in [6.45, 7) is 1.38. The van der Waals surface area contributed by atoms with E-state index in [-0.39, 0.29) is 28.1 Å². The maximum absolute atomic E-state index is 11.0. The Morgan fingerprint density at radius 2 is 2.23 bits per heavy atom. The molecule has 0 spiro atoms. The fourth-order valence-electron chi connectivity index (χ4n) is 1.01. The van der Waals surface area contributed by atoms with Gasteiger partial charge in [0.15, 0.2) is 0 Å². The highest BCUT2D eigenvalue weighted by atomic mass is 79.9. The lowest BCUT2D eigenvalue weighted by atomic mass is 10.4. The van der Waals surface area contributed by atoms with Crippen LogP contribution in [0.5, 0.6) is 0 Å². The minimum atomic E-state index is -0.101. The Bertz CT molecular complexity index is 185. The first-order valence-electron chi connectivity index (χ1n) is 3.87. The Morgan fingerprint density at radius 1 is 1.54 bits per heavy atom. The molecule has 0 aromatic heterocycles. The van der Waals surface area contributed by atoms with Gasteiger partial charge in [-0.15, -0.1) is 17.0 Å². The number of hydrogen-bond acceptors (Lipinski definition) is 4. The lowest BCUT2D eigenvalue weighted by Crippen LogP contribution is -2.31. The maximum atomic E-state index is 11.0. The van der Waals surface area contributed by atoms with E-state index < -0.39 is 0 Å². The predicted octanol–water partition coefficient (Wildman–Crippen LogP) is 0.869. The highest BCUT2D eigenvalue weighted by Crippen LogP contribution is 2.18. The van der Waals surface area contributed by atoms with Crippen molar-refractivity contribution < 1.29 is 9.59 Å². The maximum Gasteiger partial charge on any atom is 0.288 e. The quantitative estimate of drug-likeness (QED) is 0.769. The molecular weight excluding hydrogens is 256 g/mol. The van der Waals surface area contributed by atoms with Crippen molar-refractivity contribution in [1.82, 2.24) is 10.2 Å². The van der Waals surface area contributed by atoms with Crippen LogP contribution in [0, 0.1) is 0 Å². The standard InChI is InChI=1S/C7H12N2O2S.BrH/c1-8-3-2-4-9-6(10)5-12-7(9)11;/h8H,2-5H2,1H3;1H. The van der Waals surface area contributed by atoms with Crippen molar-refractivity contribution in [3.8, 4) is 0 Å². The summed E-state index contributed by atoms with van der Waals surface area (Å²) in [4.78, 5) is 23.4. The Labute approximate surface area is 92.2 Å². The van der Waals surface area contributed by atoms with Gasteiger partial charge in [-0.3, -0.25) is 14.5 Å². The van der Waals surface area contributed by atoms with Gasteiger partial charge in [0.25, 0.3) is 5.24 Å². The summed E-state index contributed by atoms with van der Waals surface area (Å²) in [5, 5.41) is 2.86. The molecule has 1 rings (SSSR count). The molecule has 0 radical (unpaired) electrons. The minimum absolute atomic E-state index is 0. The van der Waals surface area contributed by atoms with E-state index in [9.17, 15) is 9.59 Å². The molecular formula is C7H13BrN2O2S. The predicted molar refractivity (Wildman–Crippen MR) is 58.4 cm³/mol. The summed E-state index contributed by atoms with van der Waals surface area (Å²) < 4.78 is 0. The van der Waals surface area contributed by atoms with E-state index in [2.05, 4.69) is 5.32 Å². The third-order valence-electron chi connectivity index (χ3n) is 1.65. The molecule has 4 nitrogen and oxygen atoms in total. The van der Waals surface area contributed by atoms with Gasteiger partial charge in [0.05, 0.1) is 5.75 Å². The zero-order valence-corrected chi connectivity index (χ0v) is 9.94. The summed E-state index contributed by atoms with van der Waals surface area (Å²) in [5.74, 6) is 0.263. The lowest BCUT2D eigenvalue weighted by Gasteiger charge is -2.11. The highest BCUT2D eigenvalue weighted by Gasteiger charge is 2.28. The van der Waals surface area contributed by atoms with Gasteiger partial charge in [0.1, 0.15) is 0 Å². The fourth-order valence-corrected chi connectivity index (χ4v) is 1.76. The van der Waals surface area contributed by atoms with Gasteiger partial charge in [0, 0.05) is 6.54 Å². The second-order valence-corrected chi connectivity index (χ2v) is 3.48. The molecule has 1 saturated heterocycles. The summed E-state index contributed by atoms with van der Waals surface area (Å²) in [7, 11) is 1.85. The first kappa shape index (κ1) is 12.9. The van der Waals surface area contributed by atoms with Crippen LogP contribution in [0.1, 0.15) is 6.42 Å². The van der Waals surface area contributed by atoms with E-state index in [1.165, 1.54) is 4.90 Å². The Morgan fingerprint density at radius 3 is 2.69 bits per heavy atom. The number of imide groups is 1. The average Bonchev–Trinajstić information content (AvgIpc) is 2.35. The monoisotopic (exact) mass is 268 g/mol. The second-order valence-electron chi connectivity index (χ2n) is 2.56. The molecule has 2 amide bonds. The number of nitrogens with one attached hydrogen (secondary N) is 1. The van der Waals surface area contributed by atoms with Crippen molar-refractivity contribution in [1.29, 1.82) is 0 Å². The highest BCUT2D eigenvalue weighted by molar-refractivity contribution is 8.93. The summed E-state index contributed by atoms with van der Waals surface area (Å²) in [6, 6.07) is 0. The average molecular weight is 269 g/mol. The van der Waals surface area contributed by atoms with E-state index in [0.29, 0.717) is 12.3 Å². The minimum Gasteiger partial charge on any atom is -0.320 e. The van der Waals surface area contributed by atoms with Crippen LogP contribution >= 0.6 is 28.7 Å². The van der Waals surface area contributed by atoms with Crippen LogP contribution in [0.4, 0.5) is 4.79 Å². The Balaban J connectivity index is 0.00000144.